The molecule has 0 saturated heterocycles. The van der Waals surface area contributed by atoms with Crippen molar-refractivity contribution in [3.63, 3.8) is 0 Å². The van der Waals surface area contributed by atoms with Crippen molar-refractivity contribution >= 4 is 15.9 Å². The minimum Gasteiger partial charge on any atom is -0.250 e. The third-order valence-corrected chi connectivity index (χ3v) is 2.99. The van der Waals surface area contributed by atoms with Crippen LogP contribution in [0.2, 0.25) is 0 Å². The fourth-order valence-electron chi connectivity index (χ4n) is 1.83. The van der Waals surface area contributed by atoms with Gasteiger partial charge in [0.15, 0.2) is 0 Å². The highest BCUT2D eigenvalue weighted by Gasteiger charge is 2.21. The molecular formula is C10H10BrF. The topological polar surface area (TPSA) is 0 Å². The van der Waals surface area contributed by atoms with E-state index in [-0.39, 0.29) is 12.6 Å². The summed E-state index contributed by atoms with van der Waals surface area (Å²) < 4.78 is 13.6. The second-order valence-corrected chi connectivity index (χ2v) is 4.15. The van der Waals surface area contributed by atoms with E-state index in [1.807, 2.05) is 12.1 Å². The predicted octanol–water partition coefficient (Wildman–Crippen LogP) is 3.45. The van der Waals surface area contributed by atoms with E-state index in [2.05, 4.69) is 22.0 Å². The number of aryl methyl sites for hydroxylation is 1. The van der Waals surface area contributed by atoms with Gasteiger partial charge in [0.2, 0.25) is 0 Å². The summed E-state index contributed by atoms with van der Waals surface area (Å²) in [6.45, 7) is -0.214. The molecule has 0 N–H and O–H groups in total. The highest BCUT2D eigenvalue weighted by Crippen LogP contribution is 2.34. The maximum atomic E-state index is 12.5. The quantitative estimate of drug-likeness (QED) is 0.691. The van der Waals surface area contributed by atoms with Gasteiger partial charge >= 0.3 is 0 Å². The number of benzene rings is 1. The molecule has 12 heavy (non-hydrogen) atoms. The molecule has 1 aliphatic carbocycles. The summed E-state index contributed by atoms with van der Waals surface area (Å²) in [5, 5.41) is 0. The lowest BCUT2D eigenvalue weighted by molar-refractivity contribution is 0.429. The zero-order chi connectivity index (χ0) is 8.55. The second-order valence-electron chi connectivity index (χ2n) is 3.23. The first kappa shape index (κ1) is 8.24. The molecule has 2 heteroatoms. The number of hydrogen-bond donors (Lipinski definition) is 0. The van der Waals surface area contributed by atoms with Gasteiger partial charge in [0.1, 0.15) is 0 Å². The van der Waals surface area contributed by atoms with Crippen molar-refractivity contribution in [3.05, 3.63) is 33.8 Å². The molecule has 0 nitrogen and oxygen atoms in total. The molecule has 0 amide bonds. The molecule has 0 fully saturated rings. The summed E-state index contributed by atoms with van der Waals surface area (Å²) in [6, 6.07) is 6.13. The molecule has 64 valence electrons. The van der Waals surface area contributed by atoms with Gasteiger partial charge in [-0.3, -0.25) is 4.39 Å². The van der Waals surface area contributed by atoms with Crippen LogP contribution in [-0.2, 0) is 6.42 Å². The SMILES string of the molecule is FC[C@H]1CCc2cc(Br)ccc21. The van der Waals surface area contributed by atoms with Crippen molar-refractivity contribution in [2.45, 2.75) is 18.8 Å². The average molecular weight is 229 g/mol. The lowest BCUT2D eigenvalue weighted by atomic mass is 10.0. The van der Waals surface area contributed by atoms with Crippen LogP contribution in [-0.4, -0.2) is 6.67 Å². The number of fused-ring (bicyclic) bond motifs is 1. The van der Waals surface area contributed by atoms with Gasteiger partial charge in [-0.1, -0.05) is 22.0 Å². The highest BCUT2D eigenvalue weighted by atomic mass is 79.9. The Kier molecular flexibility index (Phi) is 2.18. The fraction of sp³-hybridized carbons (Fsp3) is 0.400. The molecule has 0 spiro atoms. The third kappa shape index (κ3) is 1.28. The van der Waals surface area contributed by atoms with Crippen LogP contribution in [0.5, 0.6) is 0 Å². The van der Waals surface area contributed by atoms with Gasteiger partial charge in [-0.2, -0.15) is 0 Å². The van der Waals surface area contributed by atoms with E-state index in [9.17, 15) is 4.39 Å². The molecule has 1 aromatic carbocycles. The van der Waals surface area contributed by atoms with Crippen LogP contribution >= 0.6 is 15.9 Å². The van der Waals surface area contributed by atoms with Gasteiger partial charge in [-0.25, -0.2) is 0 Å². The van der Waals surface area contributed by atoms with Crippen molar-refractivity contribution in [1.29, 1.82) is 0 Å². The number of rotatable bonds is 1. The summed E-state index contributed by atoms with van der Waals surface area (Å²) in [5.74, 6) is 0.160. The Labute approximate surface area is 79.9 Å². The van der Waals surface area contributed by atoms with E-state index in [0.717, 1.165) is 17.3 Å². The summed E-state index contributed by atoms with van der Waals surface area (Å²) in [6.07, 6.45) is 2.01. The first-order valence-electron chi connectivity index (χ1n) is 4.15. The summed E-state index contributed by atoms with van der Waals surface area (Å²) in [5.41, 5.74) is 2.52. The molecule has 0 radical (unpaired) electrons. The van der Waals surface area contributed by atoms with Gasteiger partial charge in [0.05, 0.1) is 6.67 Å². The van der Waals surface area contributed by atoms with E-state index in [4.69, 9.17) is 0 Å². The van der Waals surface area contributed by atoms with Crippen LogP contribution in [0, 0.1) is 0 Å². The maximum absolute atomic E-state index is 12.5. The van der Waals surface area contributed by atoms with Crippen LogP contribution in [0.25, 0.3) is 0 Å². The first-order chi connectivity index (χ1) is 5.81. The normalized spacial score (nSPS) is 21.0. The number of halogens is 2. The molecule has 0 unspecified atom stereocenters. The highest BCUT2D eigenvalue weighted by molar-refractivity contribution is 9.10. The number of hydrogen-bond acceptors (Lipinski definition) is 0. The van der Waals surface area contributed by atoms with Gasteiger partial charge in [-0.15, -0.1) is 0 Å². The number of alkyl halides is 1. The monoisotopic (exact) mass is 228 g/mol. The average Bonchev–Trinajstić information content (AvgIpc) is 2.46. The van der Waals surface area contributed by atoms with Crippen LogP contribution in [0.15, 0.2) is 22.7 Å². The van der Waals surface area contributed by atoms with Crippen LogP contribution < -0.4 is 0 Å². The zero-order valence-electron chi connectivity index (χ0n) is 6.69. The molecule has 1 atom stereocenters. The van der Waals surface area contributed by atoms with E-state index in [1.165, 1.54) is 11.1 Å². The van der Waals surface area contributed by atoms with Crippen molar-refractivity contribution < 1.29 is 4.39 Å². The molecule has 0 aromatic heterocycles. The molecule has 0 aliphatic heterocycles. The molecule has 2 rings (SSSR count). The molecule has 1 aliphatic rings. The van der Waals surface area contributed by atoms with Crippen molar-refractivity contribution in [1.82, 2.24) is 0 Å². The summed E-state index contributed by atoms with van der Waals surface area (Å²) >= 11 is 3.41. The summed E-state index contributed by atoms with van der Waals surface area (Å²) in [7, 11) is 0. The standard InChI is InChI=1S/C10H10BrF/c11-9-3-4-10-7(5-9)1-2-8(10)6-12/h3-5,8H,1-2,6H2/t8-/m1/s1. The fourth-order valence-corrected chi connectivity index (χ4v) is 2.24. The minimum absolute atomic E-state index is 0.160. The Morgan fingerprint density at radius 2 is 2.33 bits per heavy atom. The Bertz CT molecular complexity index is 296. The van der Waals surface area contributed by atoms with E-state index >= 15 is 0 Å². The summed E-state index contributed by atoms with van der Waals surface area (Å²) in [4.78, 5) is 0. The molecular weight excluding hydrogens is 219 g/mol. The first-order valence-corrected chi connectivity index (χ1v) is 4.95. The Morgan fingerprint density at radius 3 is 3.08 bits per heavy atom. The Morgan fingerprint density at radius 1 is 1.50 bits per heavy atom. The van der Waals surface area contributed by atoms with E-state index in [0.29, 0.717) is 0 Å². The van der Waals surface area contributed by atoms with Crippen LogP contribution in [0.3, 0.4) is 0 Å². The maximum Gasteiger partial charge on any atom is 0.0963 e. The van der Waals surface area contributed by atoms with E-state index < -0.39 is 0 Å². The largest absolute Gasteiger partial charge is 0.250 e. The van der Waals surface area contributed by atoms with Gasteiger partial charge < -0.3 is 0 Å². The van der Waals surface area contributed by atoms with E-state index in [1.54, 1.807) is 0 Å². The predicted molar refractivity (Wildman–Crippen MR) is 51.2 cm³/mol. The molecule has 0 saturated carbocycles. The molecule has 0 heterocycles. The lowest BCUT2D eigenvalue weighted by Gasteiger charge is -2.05. The van der Waals surface area contributed by atoms with Crippen LogP contribution in [0.1, 0.15) is 23.5 Å². The van der Waals surface area contributed by atoms with Crippen molar-refractivity contribution in [2.24, 2.45) is 0 Å². The van der Waals surface area contributed by atoms with Gasteiger partial charge in [-0.05, 0) is 36.1 Å². The van der Waals surface area contributed by atoms with Gasteiger partial charge in [0, 0.05) is 10.4 Å². The third-order valence-electron chi connectivity index (χ3n) is 2.49. The lowest BCUT2D eigenvalue weighted by Crippen LogP contribution is -1.94. The van der Waals surface area contributed by atoms with Crippen molar-refractivity contribution in [3.8, 4) is 0 Å². The Hall–Kier alpha value is -0.370. The van der Waals surface area contributed by atoms with Crippen LogP contribution in [0.4, 0.5) is 4.39 Å². The minimum atomic E-state index is -0.214. The van der Waals surface area contributed by atoms with Crippen molar-refractivity contribution in [2.75, 3.05) is 6.67 Å². The molecule has 1 aromatic rings. The second kappa shape index (κ2) is 3.17. The molecule has 0 bridgehead atoms. The zero-order valence-corrected chi connectivity index (χ0v) is 8.27. The smallest absolute Gasteiger partial charge is 0.0963 e. The Balaban J connectivity index is 2.40. The van der Waals surface area contributed by atoms with Gasteiger partial charge in [0.25, 0.3) is 0 Å².